The smallest absolute Gasteiger partial charge is 0.0459 e. The van der Waals surface area contributed by atoms with E-state index >= 15 is 0 Å². The number of likely N-dealkylation sites (N-methyl/N-ethyl adjacent to an activating group) is 1. The van der Waals surface area contributed by atoms with Crippen molar-refractivity contribution in [1.29, 1.82) is 0 Å². The molecule has 3 aliphatic rings. The summed E-state index contributed by atoms with van der Waals surface area (Å²) in [6.07, 6.45) is 2.37. The molecule has 0 radical (unpaired) electrons. The SMILES string of the molecule is CN1CCCNCCNCCNCCC2CNC(C)(CN2)C1(C)C. The van der Waals surface area contributed by atoms with Gasteiger partial charge in [-0.1, -0.05) is 0 Å². The average Bonchev–Trinajstić information content (AvgIpc) is 2.56. The van der Waals surface area contributed by atoms with Crippen LogP contribution in [0.25, 0.3) is 0 Å². The number of hydrogen-bond acceptors (Lipinski definition) is 6. The van der Waals surface area contributed by atoms with Crippen LogP contribution in [-0.4, -0.2) is 88.0 Å². The maximum absolute atomic E-state index is 3.86. The molecular formula is C18H40N6. The highest BCUT2D eigenvalue weighted by Gasteiger charge is 2.45. The Morgan fingerprint density at radius 2 is 1.50 bits per heavy atom. The van der Waals surface area contributed by atoms with Crippen molar-refractivity contribution in [3.05, 3.63) is 0 Å². The Balaban J connectivity index is 1.93. The van der Waals surface area contributed by atoms with Gasteiger partial charge in [0.15, 0.2) is 0 Å². The van der Waals surface area contributed by atoms with Crippen LogP contribution in [0.2, 0.25) is 0 Å². The van der Waals surface area contributed by atoms with Gasteiger partial charge in [-0.05, 0) is 60.3 Å². The molecule has 0 aromatic rings. The molecule has 6 nitrogen and oxygen atoms in total. The monoisotopic (exact) mass is 340 g/mol. The third-order valence-electron chi connectivity index (χ3n) is 6.26. The minimum atomic E-state index is 0.0917. The summed E-state index contributed by atoms with van der Waals surface area (Å²) in [7, 11) is 2.27. The molecule has 3 heterocycles. The second kappa shape index (κ2) is 9.46. The predicted molar refractivity (Wildman–Crippen MR) is 103 cm³/mol. The molecule has 3 fully saturated rings. The molecule has 0 aromatic heterocycles. The van der Waals surface area contributed by atoms with Crippen LogP contribution in [0.4, 0.5) is 0 Å². The summed E-state index contributed by atoms with van der Waals surface area (Å²) in [5.74, 6) is 0. The molecule has 0 aliphatic carbocycles. The topological polar surface area (TPSA) is 63.4 Å². The first-order valence-electron chi connectivity index (χ1n) is 9.77. The molecule has 0 saturated carbocycles. The van der Waals surface area contributed by atoms with Gasteiger partial charge in [-0.15, -0.1) is 0 Å². The van der Waals surface area contributed by atoms with Crippen LogP contribution in [0.15, 0.2) is 0 Å². The molecule has 5 N–H and O–H groups in total. The number of rotatable bonds is 0. The Bertz CT molecular complexity index is 349. The molecule has 0 amide bonds. The molecule has 3 aliphatic heterocycles. The fourth-order valence-electron chi connectivity index (χ4n) is 3.62. The van der Waals surface area contributed by atoms with Crippen LogP contribution >= 0.6 is 0 Å². The zero-order valence-electron chi connectivity index (χ0n) is 16.3. The number of piperazine rings is 1. The summed E-state index contributed by atoms with van der Waals surface area (Å²) in [4.78, 5) is 2.52. The highest BCUT2D eigenvalue weighted by atomic mass is 15.3. The number of nitrogens with zero attached hydrogens (tertiary/aromatic N) is 1. The van der Waals surface area contributed by atoms with Crippen molar-refractivity contribution in [3.8, 4) is 0 Å². The van der Waals surface area contributed by atoms with Gasteiger partial charge in [-0.2, -0.15) is 0 Å². The number of nitrogens with one attached hydrogen (secondary N) is 5. The van der Waals surface area contributed by atoms with E-state index in [2.05, 4.69) is 59.3 Å². The minimum Gasteiger partial charge on any atom is -0.315 e. The van der Waals surface area contributed by atoms with E-state index in [9.17, 15) is 0 Å². The fourth-order valence-corrected chi connectivity index (χ4v) is 3.62. The van der Waals surface area contributed by atoms with Crippen LogP contribution in [0, 0.1) is 0 Å². The lowest BCUT2D eigenvalue weighted by atomic mass is 9.77. The third kappa shape index (κ3) is 5.38. The van der Waals surface area contributed by atoms with Crippen LogP contribution in [0.3, 0.4) is 0 Å². The summed E-state index contributed by atoms with van der Waals surface area (Å²) in [5.41, 5.74) is 0.199. The minimum absolute atomic E-state index is 0.0917. The highest BCUT2D eigenvalue weighted by Crippen LogP contribution is 2.29. The predicted octanol–water partition coefficient (Wildman–Crippen LogP) is -0.420. The molecule has 3 rings (SSSR count). The Morgan fingerprint density at radius 3 is 2.12 bits per heavy atom. The second-order valence-electron chi connectivity index (χ2n) is 8.16. The summed E-state index contributed by atoms with van der Waals surface area (Å²) < 4.78 is 0. The number of fused-ring (bicyclic) bond motifs is 15. The summed E-state index contributed by atoms with van der Waals surface area (Å²) in [5, 5.41) is 18.2. The van der Waals surface area contributed by atoms with Crippen molar-refractivity contribution in [1.82, 2.24) is 31.5 Å². The van der Waals surface area contributed by atoms with Crippen molar-refractivity contribution >= 4 is 0 Å². The summed E-state index contributed by atoms with van der Waals surface area (Å²) in [6.45, 7) is 16.7. The lowest BCUT2D eigenvalue weighted by Gasteiger charge is -2.53. The Hall–Kier alpha value is -0.240. The van der Waals surface area contributed by atoms with Crippen molar-refractivity contribution in [3.63, 3.8) is 0 Å². The lowest BCUT2D eigenvalue weighted by Crippen LogP contribution is -2.73. The zero-order valence-corrected chi connectivity index (χ0v) is 16.3. The number of hydrogen-bond donors (Lipinski definition) is 5. The van der Waals surface area contributed by atoms with Gasteiger partial charge in [0, 0.05) is 56.4 Å². The van der Waals surface area contributed by atoms with E-state index in [1.807, 2.05) is 0 Å². The zero-order chi connectivity index (χ0) is 17.5. The molecular weight excluding hydrogens is 300 g/mol. The molecule has 6 heteroatoms. The van der Waals surface area contributed by atoms with Gasteiger partial charge in [0.05, 0.1) is 0 Å². The average molecular weight is 341 g/mol. The molecule has 0 aromatic carbocycles. The van der Waals surface area contributed by atoms with Crippen LogP contribution in [0.1, 0.15) is 33.6 Å². The van der Waals surface area contributed by atoms with Crippen molar-refractivity contribution in [2.45, 2.75) is 50.7 Å². The second-order valence-corrected chi connectivity index (χ2v) is 8.16. The van der Waals surface area contributed by atoms with E-state index in [-0.39, 0.29) is 11.1 Å². The van der Waals surface area contributed by atoms with Crippen LogP contribution in [-0.2, 0) is 0 Å². The van der Waals surface area contributed by atoms with Crippen molar-refractivity contribution in [2.75, 3.05) is 66.0 Å². The maximum Gasteiger partial charge on any atom is 0.0459 e. The van der Waals surface area contributed by atoms with Gasteiger partial charge < -0.3 is 26.6 Å². The van der Waals surface area contributed by atoms with E-state index in [1.165, 1.54) is 12.8 Å². The van der Waals surface area contributed by atoms with E-state index in [0.717, 1.165) is 58.9 Å². The van der Waals surface area contributed by atoms with Gasteiger partial charge in [0.25, 0.3) is 0 Å². The molecule has 2 bridgehead atoms. The van der Waals surface area contributed by atoms with Crippen LogP contribution < -0.4 is 26.6 Å². The van der Waals surface area contributed by atoms with E-state index in [0.29, 0.717) is 6.04 Å². The summed E-state index contributed by atoms with van der Waals surface area (Å²) in [6, 6.07) is 0.572. The molecule has 0 spiro atoms. The highest BCUT2D eigenvalue weighted by molar-refractivity contribution is 5.08. The van der Waals surface area contributed by atoms with Gasteiger partial charge in [0.1, 0.15) is 0 Å². The molecule has 2 unspecified atom stereocenters. The standard InChI is InChI=1S/C18H40N6/c1-17(2)18(3)15-22-16(14-23-18)6-8-20-10-12-21-11-9-19-7-5-13-24(17)4/h16,19-23H,5-15H2,1-4H3. The first kappa shape index (κ1) is 20.1. The Kier molecular flexibility index (Phi) is 7.91. The van der Waals surface area contributed by atoms with E-state index in [4.69, 9.17) is 0 Å². The van der Waals surface area contributed by atoms with Gasteiger partial charge >= 0.3 is 0 Å². The summed E-state index contributed by atoms with van der Waals surface area (Å²) >= 11 is 0. The molecule has 24 heavy (non-hydrogen) atoms. The third-order valence-corrected chi connectivity index (χ3v) is 6.26. The lowest BCUT2D eigenvalue weighted by molar-refractivity contribution is 0.0342. The van der Waals surface area contributed by atoms with Crippen molar-refractivity contribution < 1.29 is 0 Å². The largest absolute Gasteiger partial charge is 0.315 e. The normalized spacial score (nSPS) is 35.2. The quantitative estimate of drug-likeness (QED) is 0.386. The first-order valence-corrected chi connectivity index (χ1v) is 9.77. The molecule has 3 saturated heterocycles. The van der Waals surface area contributed by atoms with Gasteiger partial charge in [-0.3, -0.25) is 4.90 Å². The molecule has 142 valence electrons. The van der Waals surface area contributed by atoms with Crippen molar-refractivity contribution in [2.24, 2.45) is 0 Å². The maximum atomic E-state index is 3.86. The van der Waals surface area contributed by atoms with E-state index < -0.39 is 0 Å². The molecule has 2 atom stereocenters. The first-order chi connectivity index (χ1) is 11.5. The van der Waals surface area contributed by atoms with Gasteiger partial charge in [-0.25, -0.2) is 0 Å². The fraction of sp³-hybridized carbons (Fsp3) is 1.00. The van der Waals surface area contributed by atoms with E-state index in [1.54, 1.807) is 0 Å². The Morgan fingerprint density at radius 1 is 0.875 bits per heavy atom. The Labute approximate surface area is 148 Å². The van der Waals surface area contributed by atoms with Crippen LogP contribution in [0.5, 0.6) is 0 Å². The van der Waals surface area contributed by atoms with Gasteiger partial charge in [0.2, 0.25) is 0 Å².